The summed E-state index contributed by atoms with van der Waals surface area (Å²) in [6.45, 7) is 3.42. The predicted octanol–water partition coefficient (Wildman–Crippen LogP) is 0.891. The fraction of sp³-hybridized carbons (Fsp3) is 0.458. The average molecular weight is 534 g/mol. The lowest BCUT2D eigenvalue weighted by atomic mass is 9.87. The monoisotopic (exact) mass is 533 g/mol. The van der Waals surface area contributed by atoms with Crippen molar-refractivity contribution < 1.29 is 31.9 Å². The van der Waals surface area contributed by atoms with Crippen molar-refractivity contribution in [2.45, 2.75) is 43.7 Å². The van der Waals surface area contributed by atoms with E-state index in [4.69, 9.17) is 4.74 Å². The molecule has 5 rings (SSSR count). The largest absolute Gasteiger partial charge is 0.489 e. The fourth-order valence-electron chi connectivity index (χ4n) is 4.72. The smallest absolute Gasteiger partial charge is 0.311 e. The van der Waals surface area contributed by atoms with E-state index in [1.54, 1.807) is 13.8 Å². The van der Waals surface area contributed by atoms with Crippen molar-refractivity contribution >= 4 is 33.4 Å². The first-order chi connectivity index (χ1) is 17.4. The van der Waals surface area contributed by atoms with Crippen molar-refractivity contribution in [3.63, 3.8) is 0 Å². The van der Waals surface area contributed by atoms with Gasteiger partial charge in [-0.3, -0.25) is 14.4 Å². The highest BCUT2D eigenvalue weighted by atomic mass is 32.2. The lowest BCUT2D eigenvalue weighted by molar-refractivity contribution is -0.145. The highest BCUT2D eigenvalue weighted by molar-refractivity contribution is 7.89. The van der Waals surface area contributed by atoms with Crippen LogP contribution in [0.3, 0.4) is 0 Å². The fourth-order valence-corrected chi connectivity index (χ4v) is 6.28. The molecule has 11 nitrogen and oxygen atoms in total. The van der Waals surface area contributed by atoms with Crippen LogP contribution in [0.5, 0.6) is 5.75 Å². The van der Waals surface area contributed by atoms with E-state index in [-0.39, 0.29) is 42.1 Å². The Morgan fingerprint density at radius 3 is 2.65 bits per heavy atom. The first-order valence-corrected chi connectivity index (χ1v) is 13.4. The first kappa shape index (κ1) is 25.2. The Labute approximate surface area is 213 Å². The standard InChI is InChI=1S/C24H28FN5O6S/c1-13-8-15(6-7-16(13)25)27-21(31)19-20-17(9-29(19)3)37(34,35)28-18-10-30(11-24(18,2)12-36-20)23(33)22(32)26-14-4-5-14/h6-9,14,18,28H,4-5,10-12H2,1-3H3,(H,26,32)(H,27,31). The van der Waals surface area contributed by atoms with Crippen LogP contribution in [0.2, 0.25) is 0 Å². The number of halogens is 1. The number of benzene rings is 1. The summed E-state index contributed by atoms with van der Waals surface area (Å²) in [5, 5.41) is 5.32. The number of rotatable bonds is 3. The van der Waals surface area contributed by atoms with Gasteiger partial charge in [-0.2, -0.15) is 0 Å². The number of carbonyl (C=O) groups is 3. The number of fused-ring (bicyclic) bond motifs is 2. The molecular weight excluding hydrogens is 505 g/mol. The molecule has 13 heteroatoms. The number of carbonyl (C=O) groups excluding carboxylic acids is 3. The number of ether oxygens (including phenoxy) is 1. The molecule has 0 spiro atoms. The molecule has 1 aromatic carbocycles. The van der Waals surface area contributed by atoms with Gasteiger partial charge in [0.25, 0.3) is 5.91 Å². The molecule has 3 amide bonds. The molecular formula is C24H28FN5O6S. The summed E-state index contributed by atoms with van der Waals surface area (Å²) >= 11 is 0. The molecule has 3 heterocycles. The minimum Gasteiger partial charge on any atom is -0.489 e. The summed E-state index contributed by atoms with van der Waals surface area (Å²) in [6.07, 6.45) is 2.96. The highest BCUT2D eigenvalue weighted by Gasteiger charge is 2.50. The van der Waals surface area contributed by atoms with Gasteiger partial charge >= 0.3 is 11.8 Å². The summed E-state index contributed by atoms with van der Waals surface area (Å²) in [7, 11) is -2.63. The van der Waals surface area contributed by atoms with Gasteiger partial charge in [0.2, 0.25) is 10.0 Å². The minimum absolute atomic E-state index is 0.00936. The van der Waals surface area contributed by atoms with Crippen molar-refractivity contribution in [1.29, 1.82) is 0 Å². The average Bonchev–Trinajstić information content (AvgIpc) is 3.49. The predicted molar refractivity (Wildman–Crippen MR) is 130 cm³/mol. The van der Waals surface area contributed by atoms with E-state index < -0.39 is 45.0 Å². The quantitative estimate of drug-likeness (QED) is 0.501. The zero-order valence-electron chi connectivity index (χ0n) is 20.6. The molecule has 1 saturated carbocycles. The zero-order valence-corrected chi connectivity index (χ0v) is 21.4. The third-order valence-corrected chi connectivity index (χ3v) is 8.52. The molecule has 3 aliphatic rings. The Kier molecular flexibility index (Phi) is 6.02. The van der Waals surface area contributed by atoms with Crippen LogP contribution in [0.25, 0.3) is 0 Å². The Balaban J connectivity index is 1.41. The summed E-state index contributed by atoms with van der Waals surface area (Å²) in [4.78, 5) is 39.3. The van der Waals surface area contributed by atoms with Crippen molar-refractivity contribution in [2.75, 3.05) is 25.0 Å². The highest BCUT2D eigenvalue weighted by Crippen LogP contribution is 2.39. The lowest BCUT2D eigenvalue weighted by Gasteiger charge is -2.32. The minimum atomic E-state index is -4.16. The SMILES string of the molecule is Cc1cc(NC(=O)c2c3c(cn2C)S(=O)(=O)NC2CN(C(=O)C(=O)NC4CC4)CC2(C)CO3)ccc1F. The van der Waals surface area contributed by atoms with Crippen LogP contribution in [0.1, 0.15) is 35.8 Å². The Morgan fingerprint density at radius 2 is 1.97 bits per heavy atom. The van der Waals surface area contributed by atoms with E-state index in [0.717, 1.165) is 12.8 Å². The Bertz CT molecular complexity index is 1420. The molecule has 0 radical (unpaired) electrons. The van der Waals surface area contributed by atoms with E-state index >= 15 is 0 Å². The maximum atomic E-state index is 13.6. The number of hydrogen-bond acceptors (Lipinski definition) is 6. The summed E-state index contributed by atoms with van der Waals surface area (Å²) in [6, 6.07) is 3.41. The maximum Gasteiger partial charge on any atom is 0.311 e. The van der Waals surface area contributed by atoms with Gasteiger partial charge in [-0.25, -0.2) is 17.5 Å². The van der Waals surface area contributed by atoms with Crippen molar-refractivity contribution in [3.8, 4) is 5.75 Å². The number of anilines is 1. The number of aryl methyl sites for hydroxylation is 2. The molecule has 0 bridgehead atoms. The van der Waals surface area contributed by atoms with E-state index in [2.05, 4.69) is 15.4 Å². The summed E-state index contributed by atoms with van der Waals surface area (Å²) < 4.78 is 50.4. The van der Waals surface area contributed by atoms with E-state index in [0.29, 0.717) is 11.3 Å². The van der Waals surface area contributed by atoms with Gasteiger partial charge in [-0.15, -0.1) is 0 Å². The molecule has 198 valence electrons. The van der Waals surface area contributed by atoms with Gasteiger partial charge in [0.1, 0.15) is 10.7 Å². The molecule has 2 atom stereocenters. The second kappa shape index (κ2) is 8.84. The normalized spacial score (nSPS) is 24.2. The third kappa shape index (κ3) is 4.68. The lowest BCUT2D eigenvalue weighted by Crippen LogP contribution is -2.49. The third-order valence-electron chi connectivity index (χ3n) is 7.06. The topological polar surface area (TPSA) is 139 Å². The second-order valence-corrected chi connectivity index (χ2v) is 11.9. The maximum absolute atomic E-state index is 13.6. The molecule has 1 aliphatic carbocycles. The summed E-state index contributed by atoms with van der Waals surface area (Å²) in [5.41, 5.74) is -0.211. The van der Waals surface area contributed by atoms with Crippen molar-refractivity contribution in [1.82, 2.24) is 19.5 Å². The number of hydrogen-bond donors (Lipinski definition) is 3. The molecule has 2 aliphatic heterocycles. The van der Waals surface area contributed by atoms with Gasteiger partial charge in [-0.05, 0) is 43.5 Å². The zero-order chi connectivity index (χ0) is 26.7. The molecule has 2 unspecified atom stereocenters. The number of nitrogens with one attached hydrogen (secondary N) is 3. The molecule has 2 aromatic rings. The van der Waals surface area contributed by atoms with Crippen LogP contribution in [-0.4, -0.2) is 67.4 Å². The molecule has 1 saturated heterocycles. The van der Waals surface area contributed by atoms with Crippen molar-refractivity contribution in [2.24, 2.45) is 12.5 Å². The van der Waals surface area contributed by atoms with Gasteiger partial charge in [-0.1, -0.05) is 6.92 Å². The van der Waals surface area contributed by atoms with Crippen molar-refractivity contribution in [3.05, 3.63) is 41.5 Å². The van der Waals surface area contributed by atoms with E-state index in [1.807, 2.05) is 0 Å². The van der Waals surface area contributed by atoms with Crippen LogP contribution >= 0.6 is 0 Å². The molecule has 3 N–H and O–H groups in total. The molecule has 2 fully saturated rings. The van der Waals surface area contributed by atoms with Crippen LogP contribution in [0, 0.1) is 18.2 Å². The number of nitrogens with zero attached hydrogens (tertiary/aromatic N) is 2. The number of sulfonamides is 1. The summed E-state index contributed by atoms with van der Waals surface area (Å²) in [5.74, 6) is -2.59. The van der Waals surface area contributed by atoms with Crippen LogP contribution < -0.4 is 20.1 Å². The van der Waals surface area contributed by atoms with Crippen LogP contribution in [-0.2, 0) is 26.7 Å². The second-order valence-electron chi connectivity index (χ2n) is 10.3. The number of likely N-dealkylation sites (tertiary alicyclic amines) is 1. The van der Waals surface area contributed by atoms with Crippen LogP contribution in [0.4, 0.5) is 10.1 Å². The van der Waals surface area contributed by atoms with E-state index in [9.17, 15) is 27.2 Å². The molecule has 37 heavy (non-hydrogen) atoms. The van der Waals surface area contributed by atoms with Gasteiger partial charge < -0.3 is 24.8 Å². The first-order valence-electron chi connectivity index (χ1n) is 11.9. The van der Waals surface area contributed by atoms with E-state index in [1.165, 1.54) is 40.9 Å². The number of aromatic nitrogens is 1. The van der Waals surface area contributed by atoms with Gasteiger partial charge in [0.05, 0.1) is 6.61 Å². The Morgan fingerprint density at radius 1 is 1.24 bits per heavy atom. The van der Waals surface area contributed by atoms with Gasteiger partial charge in [0, 0.05) is 49.5 Å². The van der Waals surface area contributed by atoms with Crippen LogP contribution in [0.15, 0.2) is 29.3 Å². The Hall–Kier alpha value is -3.45. The molecule has 1 aromatic heterocycles. The van der Waals surface area contributed by atoms with Gasteiger partial charge in [0.15, 0.2) is 11.4 Å². The number of amides is 3.